The van der Waals surface area contributed by atoms with Crippen molar-refractivity contribution in [2.45, 2.75) is 11.5 Å². The molecule has 0 aliphatic carbocycles. The van der Waals surface area contributed by atoms with Crippen LogP contribution in [-0.2, 0) is 16.6 Å². The lowest BCUT2D eigenvalue weighted by molar-refractivity contribution is 0.305. The van der Waals surface area contributed by atoms with E-state index in [1.807, 2.05) is 30.3 Å². The Bertz CT molecular complexity index is 639. The topological polar surface area (TPSA) is 55.4 Å². The molecule has 0 fully saturated rings. The number of nitrogens with one attached hydrogen (secondary N) is 1. The quantitative estimate of drug-likeness (QED) is 0.911. The van der Waals surface area contributed by atoms with Crippen LogP contribution >= 0.6 is 0 Å². The maximum absolute atomic E-state index is 11.7. The number of ether oxygens (including phenoxy) is 1. The molecule has 1 N–H and O–H groups in total. The fourth-order valence-corrected chi connectivity index (χ4v) is 2.35. The van der Waals surface area contributed by atoms with Gasteiger partial charge in [0.2, 0.25) is 10.0 Å². The summed E-state index contributed by atoms with van der Waals surface area (Å²) in [4.78, 5) is 0.195. The van der Waals surface area contributed by atoms with E-state index < -0.39 is 10.0 Å². The van der Waals surface area contributed by atoms with Crippen LogP contribution in [0.2, 0.25) is 0 Å². The Morgan fingerprint density at radius 2 is 1.79 bits per heavy atom. The third-order valence-corrected chi connectivity index (χ3v) is 4.04. The molecule has 0 saturated heterocycles. The standard InChI is InChI=1S/C14H15NO3S/c1-15-19(16,17)14-9-5-8-13(10-14)18-11-12-6-3-2-4-7-12/h2-10,15H,11H2,1H3. The number of sulfonamides is 1. The van der Waals surface area contributed by atoms with Gasteiger partial charge in [-0.05, 0) is 24.7 Å². The Hall–Kier alpha value is -1.85. The van der Waals surface area contributed by atoms with Crippen molar-refractivity contribution < 1.29 is 13.2 Å². The molecule has 5 heteroatoms. The van der Waals surface area contributed by atoms with Gasteiger partial charge in [-0.1, -0.05) is 36.4 Å². The van der Waals surface area contributed by atoms with Gasteiger partial charge in [0.05, 0.1) is 4.90 Å². The molecule has 0 radical (unpaired) electrons. The fraction of sp³-hybridized carbons (Fsp3) is 0.143. The molecule has 19 heavy (non-hydrogen) atoms. The van der Waals surface area contributed by atoms with Gasteiger partial charge < -0.3 is 4.74 Å². The Morgan fingerprint density at radius 1 is 1.05 bits per heavy atom. The predicted octanol–water partition coefficient (Wildman–Crippen LogP) is 2.17. The van der Waals surface area contributed by atoms with Gasteiger partial charge in [0.15, 0.2) is 0 Å². The highest BCUT2D eigenvalue weighted by Gasteiger charge is 2.11. The van der Waals surface area contributed by atoms with E-state index in [2.05, 4.69) is 4.72 Å². The molecular formula is C14H15NO3S. The molecule has 0 amide bonds. The van der Waals surface area contributed by atoms with E-state index in [-0.39, 0.29) is 4.90 Å². The first-order valence-electron chi connectivity index (χ1n) is 5.82. The minimum Gasteiger partial charge on any atom is -0.489 e. The highest BCUT2D eigenvalue weighted by atomic mass is 32.2. The second-order valence-corrected chi connectivity index (χ2v) is 5.84. The zero-order valence-electron chi connectivity index (χ0n) is 10.5. The Labute approximate surface area is 113 Å². The van der Waals surface area contributed by atoms with E-state index in [9.17, 15) is 8.42 Å². The molecule has 2 rings (SSSR count). The minimum absolute atomic E-state index is 0.195. The molecule has 0 unspecified atom stereocenters. The second kappa shape index (κ2) is 5.86. The van der Waals surface area contributed by atoms with Crippen molar-refractivity contribution in [1.82, 2.24) is 4.72 Å². The molecule has 0 saturated carbocycles. The van der Waals surface area contributed by atoms with Crippen molar-refractivity contribution in [3.05, 3.63) is 60.2 Å². The van der Waals surface area contributed by atoms with Crippen molar-refractivity contribution in [1.29, 1.82) is 0 Å². The Morgan fingerprint density at radius 3 is 2.47 bits per heavy atom. The summed E-state index contributed by atoms with van der Waals surface area (Å²) < 4.78 is 31.2. The van der Waals surface area contributed by atoms with E-state index >= 15 is 0 Å². The largest absolute Gasteiger partial charge is 0.489 e. The number of hydrogen-bond donors (Lipinski definition) is 1. The van der Waals surface area contributed by atoms with Crippen molar-refractivity contribution in [3.63, 3.8) is 0 Å². The van der Waals surface area contributed by atoms with E-state index in [1.54, 1.807) is 12.1 Å². The van der Waals surface area contributed by atoms with Gasteiger partial charge in [0.1, 0.15) is 12.4 Å². The SMILES string of the molecule is CNS(=O)(=O)c1cccc(OCc2ccccc2)c1. The highest BCUT2D eigenvalue weighted by molar-refractivity contribution is 7.89. The van der Waals surface area contributed by atoms with Crippen LogP contribution in [0.3, 0.4) is 0 Å². The molecule has 2 aromatic carbocycles. The van der Waals surface area contributed by atoms with Gasteiger partial charge in [-0.3, -0.25) is 0 Å². The molecule has 100 valence electrons. The summed E-state index contributed by atoms with van der Waals surface area (Å²) >= 11 is 0. The normalized spacial score (nSPS) is 11.2. The van der Waals surface area contributed by atoms with Crippen LogP contribution in [0.15, 0.2) is 59.5 Å². The maximum Gasteiger partial charge on any atom is 0.240 e. The second-order valence-electron chi connectivity index (χ2n) is 3.96. The smallest absolute Gasteiger partial charge is 0.240 e. The summed E-state index contributed by atoms with van der Waals surface area (Å²) in [7, 11) is -2.05. The number of hydrogen-bond acceptors (Lipinski definition) is 3. The first-order chi connectivity index (χ1) is 9.12. The first-order valence-corrected chi connectivity index (χ1v) is 7.30. The minimum atomic E-state index is -3.43. The van der Waals surface area contributed by atoms with Gasteiger partial charge in [0, 0.05) is 6.07 Å². The summed E-state index contributed by atoms with van der Waals surface area (Å²) in [6, 6.07) is 16.1. The van der Waals surface area contributed by atoms with E-state index in [0.717, 1.165) is 5.56 Å². The molecular weight excluding hydrogens is 262 g/mol. The van der Waals surface area contributed by atoms with Crippen LogP contribution in [0, 0.1) is 0 Å². The van der Waals surface area contributed by atoms with Gasteiger partial charge in [-0.15, -0.1) is 0 Å². The predicted molar refractivity (Wildman–Crippen MR) is 73.5 cm³/mol. The van der Waals surface area contributed by atoms with Gasteiger partial charge in [-0.2, -0.15) is 0 Å². The first kappa shape index (κ1) is 13.6. The van der Waals surface area contributed by atoms with Gasteiger partial charge >= 0.3 is 0 Å². The van der Waals surface area contributed by atoms with Crippen molar-refractivity contribution in [2.75, 3.05) is 7.05 Å². The summed E-state index contributed by atoms with van der Waals surface area (Å²) in [5.74, 6) is 0.528. The van der Waals surface area contributed by atoms with Crippen LogP contribution in [0.5, 0.6) is 5.75 Å². The Balaban J connectivity index is 2.12. The lowest BCUT2D eigenvalue weighted by atomic mass is 10.2. The van der Waals surface area contributed by atoms with Crippen LogP contribution in [-0.4, -0.2) is 15.5 Å². The summed E-state index contributed by atoms with van der Waals surface area (Å²) in [6.07, 6.45) is 0. The zero-order valence-corrected chi connectivity index (χ0v) is 11.4. The molecule has 0 aromatic heterocycles. The highest BCUT2D eigenvalue weighted by Crippen LogP contribution is 2.18. The third kappa shape index (κ3) is 3.56. The number of benzene rings is 2. The lowest BCUT2D eigenvalue weighted by Crippen LogP contribution is -2.18. The number of rotatable bonds is 5. The van der Waals surface area contributed by atoms with Crippen molar-refractivity contribution in [2.24, 2.45) is 0 Å². The zero-order chi connectivity index (χ0) is 13.7. The van der Waals surface area contributed by atoms with Crippen molar-refractivity contribution >= 4 is 10.0 Å². The summed E-state index contributed by atoms with van der Waals surface area (Å²) in [5, 5.41) is 0. The average Bonchev–Trinajstić information content (AvgIpc) is 2.46. The Kier molecular flexibility index (Phi) is 4.19. The monoisotopic (exact) mass is 277 g/mol. The third-order valence-electron chi connectivity index (χ3n) is 2.63. The summed E-state index contributed by atoms with van der Waals surface area (Å²) in [6.45, 7) is 0.407. The van der Waals surface area contributed by atoms with E-state index in [0.29, 0.717) is 12.4 Å². The van der Waals surface area contributed by atoms with Crippen LogP contribution in [0.1, 0.15) is 5.56 Å². The average molecular weight is 277 g/mol. The molecule has 0 bridgehead atoms. The summed E-state index contributed by atoms with van der Waals surface area (Å²) in [5.41, 5.74) is 1.03. The van der Waals surface area contributed by atoms with E-state index in [1.165, 1.54) is 19.2 Å². The van der Waals surface area contributed by atoms with Crippen LogP contribution in [0.4, 0.5) is 0 Å². The molecule has 0 heterocycles. The molecule has 0 aliphatic heterocycles. The molecule has 0 spiro atoms. The van der Waals surface area contributed by atoms with Crippen molar-refractivity contribution in [3.8, 4) is 5.75 Å². The molecule has 0 atom stereocenters. The van der Waals surface area contributed by atoms with Crippen LogP contribution in [0.25, 0.3) is 0 Å². The van der Waals surface area contributed by atoms with Gasteiger partial charge in [0.25, 0.3) is 0 Å². The maximum atomic E-state index is 11.7. The molecule has 4 nitrogen and oxygen atoms in total. The van der Waals surface area contributed by atoms with Crippen LogP contribution < -0.4 is 9.46 Å². The lowest BCUT2D eigenvalue weighted by Gasteiger charge is -2.08. The van der Waals surface area contributed by atoms with Gasteiger partial charge in [-0.25, -0.2) is 13.1 Å². The molecule has 2 aromatic rings. The molecule has 0 aliphatic rings. The fourth-order valence-electron chi connectivity index (χ4n) is 1.59. The van der Waals surface area contributed by atoms with E-state index in [4.69, 9.17) is 4.74 Å².